The summed E-state index contributed by atoms with van der Waals surface area (Å²) in [6.07, 6.45) is 6.89. The van der Waals surface area contributed by atoms with Crippen molar-refractivity contribution < 1.29 is 4.79 Å². The fraction of sp³-hybridized carbons (Fsp3) is 0.500. The number of unbranched alkanes of at least 4 members (excludes halogenated alkanes) is 1. The molecule has 0 saturated carbocycles. The van der Waals surface area contributed by atoms with E-state index in [0.29, 0.717) is 6.54 Å². The maximum Gasteiger partial charge on any atom is 0.237 e. The molecule has 0 N–H and O–H groups in total. The van der Waals surface area contributed by atoms with Gasteiger partial charge in [0.1, 0.15) is 0 Å². The number of aryl methyl sites for hydroxylation is 1. The molecule has 2 aromatic rings. The second-order valence-corrected chi connectivity index (χ2v) is 8.05. The van der Waals surface area contributed by atoms with E-state index in [9.17, 15) is 4.79 Å². The molecule has 0 radical (unpaired) electrons. The van der Waals surface area contributed by atoms with Gasteiger partial charge in [-0.25, -0.2) is 0 Å². The number of piperazine rings is 1. The molecule has 1 saturated heterocycles. The van der Waals surface area contributed by atoms with Gasteiger partial charge in [0.05, 0.1) is 12.6 Å². The molecule has 5 heteroatoms. The molecule has 1 aromatic carbocycles. The SMILES string of the molecule is CCCCC(c1cccnc1)N(C)C(=O)CN1CCN(c2cccc(C)c2)CC1. The number of hydrogen-bond acceptors (Lipinski definition) is 4. The molecule has 1 atom stereocenters. The number of likely N-dealkylation sites (N-methyl/N-ethyl adjacent to an activating group) is 1. The normalized spacial score (nSPS) is 15.9. The molecule has 0 bridgehead atoms. The molecule has 29 heavy (non-hydrogen) atoms. The van der Waals surface area contributed by atoms with E-state index in [1.54, 1.807) is 6.20 Å². The minimum Gasteiger partial charge on any atom is -0.369 e. The van der Waals surface area contributed by atoms with Gasteiger partial charge in [0, 0.05) is 51.3 Å². The summed E-state index contributed by atoms with van der Waals surface area (Å²) in [5.74, 6) is 0.193. The Kier molecular flexibility index (Phi) is 7.64. The van der Waals surface area contributed by atoms with Crippen molar-refractivity contribution in [3.05, 3.63) is 59.9 Å². The lowest BCUT2D eigenvalue weighted by atomic mass is 10.0. The fourth-order valence-corrected chi connectivity index (χ4v) is 4.02. The van der Waals surface area contributed by atoms with E-state index < -0.39 is 0 Å². The van der Waals surface area contributed by atoms with E-state index in [-0.39, 0.29) is 11.9 Å². The molecule has 1 amide bonds. The van der Waals surface area contributed by atoms with E-state index in [0.717, 1.165) is 51.0 Å². The number of carbonyl (C=O) groups is 1. The van der Waals surface area contributed by atoms with Crippen LogP contribution in [0.4, 0.5) is 5.69 Å². The number of aromatic nitrogens is 1. The summed E-state index contributed by atoms with van der Waals surface area (Å²) in [5.41, 5.74) is 3.70. The molecule has 3 rings (SSSR count). The van der Waals surface area contributed by atoms with Gasteiger partial charge in [-0.2, -0.15) is 0 Å². The van der Waals surface area contributed by atoms with Crippen molar-refractivity contribution in [1.29, 1.82) is 0 Å². The Labute approximate surface area is 175 Å². The van der Waals surface area contributed by atoms with Gasteiger partial charge < -0.3 is 9.80 Å². The van der Waals surface area contributed by atoms with E-state index >= 15 is 0 Å². The Morgan fingerprint density at radius 3 is 2.62 bits per heavy atom. The van der Waals surface area contributed by atoms with Crippen LogP contribution in [-0.4, -0.2) is 60.5 Å². The van der Waals surface area contributed by atoms with Gasteiger partial charge in [-0.1, -0.05) is 38.0 Å². The van der Waals surface area contributed by atoms with Gasteiger partial charge in [0.15, 0.2) is 0 Å². The van der Waals surface area contributed by atoms with Crippen molar-refractivity contribution in [2.75, 3.05) is 44.7 Å². The summed E-state index contributed by atoms with van der Waals surface area (Å²) in [4.78, 5) is 23.9. The van der Waals surface area contributed by atoms with Crippen LogP contribution in [-0.2, 0) is 4.79 Å². The van der Waals surface area contributed by atoms with Crippen LogP contribution in [0.3, 0.4) is 0 Å². The Hall–Kier alpha value is -2.40. The summed E-state index contributed by atoms with van der Waals surface area (Å²) in [6.45, 7) is 8.56. The lowest BCUT2D eigenvalue weighted by Crippen LogP contribution is -2.50. The minimum absolute atomic E-state index is 0.102. The van der Waals surface area contributed by atoms with Gasteiger partial charge >= 0.3 is 0 Å². The summed E-state index contributed by atoms with van der Waals surface area (Å²) in [6, 6.07) is 12.8. The monoisotopic (exact) mass is 394 g/mol. The molecule has 5 nitrogen and oxygen atoms in total. The summed E-state index contributed by atoms with van der Waals surface area (Å²) in [5, 5.41) is 0. The van der Waals surface area contributed by atoms with Crippen LogP contribution < -0.4 is 4.90 Å². The Balaban J connectivity index is 1.56. The van der Waals surface area contributed by atoms with Crippen LogP contribution in [0.1, 0.15) is 43.4 Å². The van der Waals surface area contributed by atoms with Crippen molar-refractivity contribution >= 4 is 11.6 Å². The van der Waals surface area contributed by atoms with Crippen LogP contribution in [0.5, 0.6) is 0 Å². The molecule has 2 heterocycles. The zero-order valence-electron chi connectivity index (χ0n) is 18.1. The largest absolute Gasteiger partial charge is 0.369 e. The summed E-state index contributed by atoms with van der Waals surface area (Å²) in [7, 11) is 1.94. The number of nitrogens with zero attached hydrogens (tertiary/aromatic N) is 4. The Bertz CT molecular complexity index is 771. The van der Waals surface area contributed by atoms with Crippen molar-refractivity contribution in [1.82, 2.24) is 14.8 Å². The van der Waals surface area contributed by atoms with Crippen molar-refractivity contribution in [3.63, 3.8) is 0 Å². The molecule has 156 valence electrons. The highest BCUT2D eigenvalue weighted by Crippen LogP contribution is 2.25. The van der Waals surface area contributed by atoms with Gasteiger partial charge in [-0.15, -0.1) is 0 Å². The number of anilines is 1. The van der Waals surface area contributed by atoms with E-state index in [1.165, 1.54) is 11.3 Å². The maximum atomic E-state index is 13.0. The van der Waals surface area contributed by atoms with Crippen LogP contribution >= 0.6 is 0 Å². The fourth-order valence-electron chi connectivity index (χ4n) is 4.02. The first-order valence-corrected chi connectivity index (χ1v) is 10.8. The molecule has 1 aliphatic heterocycles. The zero-order chi connectivity index (χ0) is 20.6. The topological polar surface area (TPSA) is 39.7 Å². The van der Waals surface area contributed by atoms with Gasteiger partial charge in [0.25, 0.3) is 0 Å². The average molecular weight is 395 g/mol. The van der Waals surface area contributed by atoms with E-state index in [4.69, 9.17) is 0 Å². The summed E-state index contributed by atoms with van der Waals surface area (Å²) >= 11 is 0. The molecular weight excluding hydrogens is 360 g/mol. The van der Waals surface area contributed by atoms with Crippen LogP contribution in [0.15, 0.2) is 48.8 Å². The third-order valence-corrected chi connectivity index (χ3v) is 5.86. The number of rotatable bonds is 8. The highest BCUT2D eigenvalue weighted by Gasteiger charge is 2.25. The number of benzene rings is 1. The highest BCUT2D eigenvalue weighted by molar-refractivity contribution is 5.78. The van der Waals surface area contributed by atoms with E-state index in [1.807, 2.05) is 24.2 Å². The lowest BCUT2D eigenvalue weighted by molar-refractivity contribution is -0.133. The zero-order valence-corrected chi connectivity index (χ0v) is 18.1. The van der Waals surface area contributed by atoms with Gasteiger partial charge in [-0.05, 0) is 42.7 Å². The van der Waals surface area contributed by atoms with Gasteiger partial charge in [0.2, 0.25) is 5.91 Å². The molecule has 0 spiro atoms. The molecular formula is C24H34N4O. The van der Waals surface area contributed by atoms with Crippen molar-refractivity contribution in [2.45, 2.75) is 39.2 Å². The van der Waals surface area contributed by atoms with Crippen LogP contribution in [0.2, 0.25) is 0 Å². The first-order chi connectivity index (χ1) is 14.1. The molecule has 1 fully saturated rings. The minimum atomic E-state index is 0.102. The molecule has 1 aliphatic rings. The summed E-state index contributed by atoms with van der Waals surface area (Å²) < 4.78 is 0. The third-order valence-electron chi connectivity index (χ3n) is 5.86. The van der Waals surface area contributed by atoms with Gasteiger partial charge in [-0.3, -0.25) is 14.7 Å². The standard InChI is InChI=1S/C24H34N4O/c1-4-5-11-23(21-9-7-12-25-18-21)26(3)24(29)19-27-13-15-28(16-14-27)22-10-6-8-20(2)17-22/h6-10,12,17-18,23H,4-5,11,13-16,19H2,1-3H3. The molecule has 1 unspecified atom stereocenters. The van der Waals surface area contributed by atoms with Crippen molar-refractivity contribution in [3.8, 4) is 0 Å². The van der Waals surface area contributed by atoms with Crippen LogP contribution in [0.25, 0.3) is 0 Å². The van der Waals surface area contributed by atoms with Crippen molar-refractivity contribution in [2.24, 2.45) is 0 Å². The Morgan fingerprint density at radius 2 is 1.97 bits per heavy atom. The first-order valence-electron chi connectivity index (χ1n) is 10.8. The van der Waals surface area contributed by atoms with Crippen LogP contribution in [0, 0.1) is 6.92 Å². The van der Waals surface area contributed by atoms with E-state index in [2.05, 4.69) is 59.0 Å². The third kappa shape index (κ3) is 5.80. The quantitative estimate of drug-likeness (QED) is 0.681. The molecule has 0 aliphatic carbocycles. The first kappa shape index (κ1) is 21.3. The predicted molar refractivity (Wildman–Crippen MR) is 119 cm³/mol. The number of carbonyl (C=O) groups excluding carboxylic acids is 1. The second kappa shape index (κ2) is 10.4. The Morgan fingerprint density at radius 1 is 1.17 bits per heavy atom. The predicted octanol–water partition coefficient (Wildman–Crippen LogP) is 3.90. The second-order valence-electron chi connectivity index (χ2n) is 8.05. The number of pyridine rings is 1. The average Bonchev–Trinajstić information content (AvgIpc) is 2.75. The number of hydrogen-bond donors (Lipinski definition) is 0. The smallest absolute Gasteiger partial charge is 0.237 e. The number of amides is 1. The molecule has 1 aromatic heterocycles. The maximum absolute atomic E-state index is 13.0. The highest BCUT2D eigenvalue weighted by atomic mass is 16.2. The lowest BCUT2D eigenvalue weighted by Gasteiger charge is -2.37.